The lowest BCUT2D eigenvalue weighted by atomic mass is 10.2. The zero-order valence-electron chi connectivity index (χ0n) is 16.6. The number of aryl methyl sites for hydroxylation is 3. The Labute approximate surface area is 177 Å². The van der Waals surface area contributed by atoms with Crippen LogP contribution in [0.15, 0.2) is 31.5 Å². The SMILES string of the molecule is Cc1noc(C)c1S(=O)(=O)N1CCN(C(=O)CCc2nc(-c3cccs3)no2)CC1. The van der Waals surface area contributed by atoms with Crippen molar-refractivity contribution in [3.63, 3.8) is 0 Å². The summed E-state index contributed by atoms with van der Waals surface area (Å²) in [5.41, 5.74) is 0.340. The van der Waals surface area contributed by atoms with E-state index >= 15 is 0 Å². The molecule has 1 aliphatic rings. The maximum atomic E-state index is 12.9. The lowest BCUT2D eigenvalue weighted by Crippen LogP contribution is -2.50. The normalized spacial score (nSPS) is 15.6. The molecule has 4 heterocycles. The third-order valence-corrected chi connectivity index (χ3v) is 7.93. The number of rotatable bonds is 6. The lowest BCUT2D eigenvalue weighted by Gasteiger charge is -2.33. The van der Waals surface area contributed by atoms with Crippen molar-refractivity contribution in [1.29, 1.82) is 0 Å². The predicted molar refractivity (Wildman–Crippen MR) is 107 cm³/mol. The number of nitrogens with zero attached hydrogens (tertiary/aromatic N) is 5. The number of hydrogen-bond acceptors (Lipinski definition) is 9. The zero-order valence-corrected chi connectivity index (χ0v) is 18.2. The van der Waals surface area contributed by atoms with E-state index in [1.807, 2.05) is 17.5 Å². The molecule has 1 aliphatic heterocycles. The third kappa shape index (κ3) is 4.02. The summed E-state index contributed by atoms with van der Waals surface area (Å²) in [6.07, 6.45) is 0.567. The van der Waals surface area contributed by atoms with Crippen LogP contribution in [0.3, 0.4) is 0 Å². The average Bonchev–Trinajstić information content (AvgIpc) is 3.47. The van der Waals surface area contributed by atoms with Crippen molar-refractivity contribution in [2.24, 2.45) is 0 Å². The van der Waals surface area contributed by atoms with E-state index in [-0.39, 0.29) is 36.1 Å². The van der Waals surface area contributed by atoms with Crippen molar-refractivity contribution >= 4 is 27.3 Å². The van der Waals surface area contributed by atoms with Gasteiger partial charge in [0.15, 0.2) is 5.76 Å². The number of aromatic nitrogens is 3. The van der Waals surface area contributed by atoms with Gasteiger partial charge in [-0.2, -0.15) is 9.29 Å². The summed E-state index contributed by atoms with van der Waals surface area (Å²) in [5, 5.41) is 9.60. The summed E-state index contributed by atoms with van der Waals surface area (Å²) in [4.78, 5) is 19.5. The molecule has 1 saturated heterocycles. The van der Waals surface area contributed by atoms with Crippen molar-refractivity contribution in [2.75, 3.05) is 26.2 Å². The van der Waals surface area contributed by atoms with Gasteiger partial charge < -0.3 is 13.9 Å². The van der Waals surface area contributed by atoms with Crippen molar-refractivity contribution in [3.8, 4) is 10.7 Å². The molecule has 0 N–H and O–H groups in total. The maximum Gasteiger partial charge on any atom is 0.248 e. The van der Waals surface area contributed by atoms with Crippen LogP contribution >= 0.6 is 11.3 Å². The molecule has 0 saturated carbocycles. The minimum atomic E-state index is -3.70. The van der Waals surface area contributed by atoms with E-state index < -0.39 is 10.0 Å². The first kappa shape index (κ1) is 20.7. The van der Waals surface area contributed by atoms with E-state index in [9.17, 15) is 13.2 Å². The standard InChI is InChI=1S/C18H21N5O5S2/c1-12-17(13(2)27-20-12)30(25,26)23-9-7-22(8-10-23)16(24)6-5-15-19-18(21-28-15)14-4-3-11-29-14/h3-4,11H,5-10H2,1-2H3. The fourth-order valence-corrected chi connectivity index (χ4v) is 5.75. The van der Waals surface area contributed by atoms with Gasteiger partial charge in [-0.15, -0.1) is 11.3 Å². The first-order valence-corrected chi connectivity index (χ1v) is 11.8. The molecule has 3 aromatic rings. The summed E-state index contributed by atoms with van der Waals surface area (Å²) in [6.45, 7) is 4.28. The molecule has 160 valence electrons. The summed E-state index contributed by atoms with van der Waals surface area (Å²) in [5.74, 6) is 1.13. The fourth-order valence-electron chi connectivity index (χ4n) is 3.38. The van der Waals surface area contributed by atoms with Crippen LogP contribution in [0, 0.1) is 13.8 Å². The Morgan fingerprint density at radius 1 is 1.17 bits per heavy atom. The monoisotopic (exact) mass is 451 g/mol. The van der Waals surface area contributed by atoms with Gasteiger partial charge in [-0.05, 0) is 25.3 Å². The van der Waals surface area contributed by atoms with Crippen LogP contribution in [0.25, 0.3) is 10.7 Å². The smallest absolute Gasteiger partial charge is 0.248 e. The molecule has 0 atom stereocenters. The first-order valence-electron chi connectivity index (χ1n) is 9.43. The molecule has 0 radical (unpaired) electrons. The topological polar surface area (TPSA) is 123 Å². The largest absolute Gasteiger partial charge is 0.360 e. The quantitative estimate of drug-likeness (QED) is 0.557. The van der Waals surface area contributed by atoms with Crippen LogP contribution < -0.4 is 0 Å². The molecular formula is C18H21N5O5S2. The molecule has 12 heteroatoms. The minimum Gasteiger partial charge on any atom is -0.360 e. The Morgan fingerprint density at radius 2 is 1.93 bits per heavy atom. The summed E-state index contributed by atoms with van der Waals surface area (Å²) < 4.78 is 37.3. The van der Waals surface area contributed by atoms with Crippen LogP contribution in [-0.2, 0) is 21.2 Å². The summed E-state index contributed by atoms with van der Waals surface area (Å²) >= 11 is 1.52. The van der Waals surface area contributed by atoms with E-state index in [2.05, 4.69) is 15.3 Å². The summed E-state index contributed by atoms with van der Waals surface area (Å²) in [7, 11) is -3.70. The van der Waals surface area contributed by atoms with E-state index in [1.165, 1.54) is 15.6 Å². The van der Waals surface area contributed by atoms with Crippen LogP contribution in [0.4, 0.5) is 0 Å². The van der Waals surface area contributed by atoms with Crippen molar-refractivity contribution in [1.82, 2.24) is 24.5 Å². The van der Waals surface area contributed by atoms with Crippen molar-refractivity contribution in [3.05, 3.63) is 34.9 Å². The first-order chi connectivity index (χ1) is 14.4. The van der Waals surface area contributed by atoms with E-state index in [0.717, 1.165) is 4.88 Å². The number of piperazine rings is 1. The zero-order chi connectivity index (χ0) is 21.3. The molecule has 0 spiro atoms. The van der Waals surface area contributed by atoms with Crippen LogP contribution in [0.1, 0.15) is 23.8 Å². The number of thiophene rings is 1. The van der Waals surface area contributed by atoms with Crippen LogP contribution in [0.2, 0.25) is 0 Å². The molecule has 0 bridgehead atoms. The van der Waals surface area contributed by atoms with Crippen molar-refractivity contribution in [2.45, 2.75) is 31.6 Å². The van der Waals surface area contributed by atoms with Crippen LogP contribution in [-0.4, -0.2) is 65.0 Å². The van der Waals surface area contributed by atoms with Gasteiger partial charge in [0.05, 0.1) is 4.88 Å². The van der Waals surface area contributed by atoms with Gasteiger partial charge in [0, 0.05) is 39.0 Å². The van der Waals surface area contributed by atoms with Gasteiger partial charge in [-0.25, -0.2) is 8.42 Å². The second-order valence-electron chi connectivity index (χ2n) is 6.93. The molecule has 0 aromatic carbocycles. The highest BCUT2D eigenvalue weighted by atomic mass is 32.2. The highest BCUT2D eigenvalue weighted by Crippen LogP contribution is 2.25. The molecule has 0 unspecified atom stereocenters. The summed E-state index contributed by atoms with van der Waals surface area (Å²) in [6, 6.07) is 3.81. The number of carbonyl (C=O) groups is 1. The molecular weight excluding hydrogens is 430 g/mol. The van der Waals surface area contributed by atoms with Gasteiger partial charge in [-0.1, -0.05) is 16.4 Å². The Kier molecular flexibility index (Phi) is 5.71. The minimum absolute atomic E-state index is 0.0692. The van der Waals surface area contributed by atoms with E-state index in [0.29, 0.717) is 36.9 Å². The van der Waals surface area contributed by atoms with E-state index in [4.69, 9.17) is 9.05 Å². The van der Waals surface area contributed by atoms with Gasteiger partial charge in [0.1, 0.15) is 10.6 Å². The van der Waals surface area contributed by atoms with Gasteiger partial charge in [-0.3, -0.25) is 4.79 Å². The number of hydrogen-bond donors (Lipinski definition) is 0. The molecule has 0 aliphatic carbocycles. The Morgan fingerprint density at radius 3 is 2.57 bits per heavy atom. The molecule has 1 amide bonds. The lowest BCUT2D eigenvalue weighted by molar-refractivity contribution is -0.132. The van der Waals surface area contributed by atoms with Crippen molar-refractivity contribution < 1.29 is 22.3 Å². The molecule has 1 fully saturated rings. The molecule has 10 nitrogen and oxygen atoms in total. The highest BCUT2D eigenvalue weighted by Gasteiger charge is 2.34. The number of carbonyl (C=O) groups excluding carboxylic acids is 1. The Balaban J connectivity index is 1.31. The second-order valence-corrected chi connectivity index (χ2v) is 9.75. The molecule has 4 rings (SSSR count). The number of amides is 1. The molecule has 3 aromatic heterocycles. The van der Waals surface area contributed by atoms with Crippen LogP contribution in [0.5, 0.6) is 0 Å². The maximum absolute atomic E-state index is 12.9. The van der Waals surface area contributed by atoms with Gasteiger partial charge in [0.2, 0.25) is 27.6 Å². The highest BCUT2D eigenvalue weighted by molar-refractivity contribution is 7.89. The molecule has 30 heavy (non-hydrogen) atoms. The Hall–Kier alpha value is -2.57. The van der Waals surface area contributed by atoms with E-state index in [1.54, 1.807) is 18.7 Å². The third-order valence-electron chi connectivity index (χ3n) is 4.92. The predicted octanol–water partition coefficient (Wildman–Crippen LogP) is 1.87. The van der Waals surface area contributed by atoms with Gasteiger partial charge in [0.25, 0.3) is 0 Å². The fraction of sp³-hybridized carbons (Fsp3) is 0.444. The Bertz CT molecular complexity index is 1110. The average molecular weight is 452 g/mol. The second kappa shape index (κ2) is 8.28. The van der Waals surface area contributed by atoms with Gasteiger partial charge >= 0.3 is 0 Å². The number of sulfonamides is 1.